The summed E-state index contributed by atoms with van der Waals surface area (Å²) in [6.07, 6.45) is 11.3. The summed E-state index contributed by atoms with van der Waals surface area (Å²) in [7, 11) is -6.89. The lowest BCUT2D eigenvalue weighted by Gasteiger charge is -2.51. The summed E-state index contributed by atoms with van der Waals surface area (Å²) in [6, 6.07) is 30.2. The molecule has 4 heteroatoms. The van der Waals surface area contributed by atoms with Gasteiger partial charge in [0.25, 0.3) is 0 Å². The third-order valence-electron chi connectivity index (χ3n) is 13.0. The Kier molecular flexibility index (Phi) is 15.4. The fourth-order valence-electron chi connectivity index (χ4n) is 9.98. The van der Waals surface area contributed by atoms with Gasteiger partial charge in [-0.2, -0.15) is 0 Å². The second-order valence-electron chi connectivity index (χ2n) is 23.6. The van der Waals surface area contributed by atoms with Gasteiger partial charge in [-0.05, 0) is 105 Å². The number of hydrogen-bond acceptors (Lipinski definition) is 0. The maximum Gasteiger partial charge on any atom is 0.129 e. The van der Waals surface area contributed by atoms with Crippen molar-refractivity contribution in [1.82, 2.24) is 0 Å². The molecule has 0 fully saturated rings. The molecule has 0 aliphatic heterocycles. The van der Waals surface area contributed by atoms with Crippen LogP contribution in [0.3, 0.4) is 0 Å². The molecule has 2 bridgehead atoms. The number of hydrogen-bond donors (Lipinski definition) is 0. The maximum absolute atomic E-state index is 4.31. The molecule has 348 valence electrons. The van der Waals surface area contributed by atoms with Crippen molar-refractivity contribution in [3.05, 3.63) is 135 Å². The Balaban J connectivity index is 1.76. The lowest BCUT2D eigenvalue weighted by atomic mass is 9.50. The zero-order valence-corrected chi connectivity index (χ0v) is 48.2. The van der Waals surface area contributed by atoms with Crippen molar-refractivity contribution in [2.24, 2.45) is 0 Å². The Morgan fingerprint density at radius 3 is 1.31 bits per heavy atom. The van der Waals surface area contributed by atoms with E-state index >= 15 is 0 Å². The van der Waals surface area contributed by atoms with Gasteiger partial charge in [-0.25, -0.2) is 0 Å². The molecule has 0 atom stereocenters. The van der Waals surface area contributed by atoms with E-state index in [2.05, 4.69) is 229 Å². The van der Waals surface area contributed by atoms with Crippen LogP contribution in [0.25, 0.3) is 27.1 Å². The van der Waals surface area contributed by atoms with E-state index in [1.54, 1.807) is 0 Å². The van der Waals surface area contributed by atoms with Crippen molar-refractivity contribution in [2.75, 3.05) is 0 Å². The molecular weight excluding hydrogens is 881 g/mol. The largest absolute Gasteiger partial charge is 0.129 e. The number of rotatable bonds is 10. The van der Waals surface area contributed by atoms with E-state index in [9.17, 15) is 0 Å². The number of allylic oxidation sites excluding steroid dienone is 2. The van der Waals surface area contributed by atoms with Gasteiger partial charge in [0.05, 0.1) is 0 Å². The average molecular weight is 958 g/mol. The highest BCUT2D eigenvalue weighted by Gasteiger charge is 2.54. The Morgan fingerprint density at radius 1 is 0.456 bits per heavy atom. The van der Waals surface area contributed by atoms with Crippen LogP contribution in [0.4, 0.5) is 0 Å². The molecule has 0 saturated carbocycles. The zero-order valence-electron chi connectivity index (χ0n) is 44.2. The summed E-state index contributed by atoms with van der Waals surface area (Å²) in [5, 5.41) is 4.91. The standard InChI is InChI=1S/C64H76Si4/c1-15-17-19-21-22-24-42-64-57-36-27-31-50(40-45-67(9,10)11)59(57)62(60-51(32-28-37-58(60)64)41-46-68(12,13)14)54(33-23-20-18-16-2)63(64)61-52-34-25-29-48(38-43-65(3,4)5)55(52)47-56-49(30-26-35-53(56)61)39-44-66(6,7)8/h25-32,34-37,47,62H,15-23,33H2,1-14H3. The lowest BCUT2D eigenvalue weighted by molar-refractivity contribution is 0.622. The van der Waals surface area contributed by atoms with Crippen LogP contribution >= 0.6 is 0 Å². The number of benzene rings is 5. The fourth-order valence-corrected chi connectivity index (χ4v) is 12.0. The van der Waals surface area contributed by atoms with Crippen molar-refractivity contribution in [1.29, 1.82) is 0 Å². The van der Waals surface area contributed by atoms with Crippen LogP contribution in [0, 0.1) is 57.7 Å². The molecule has 0 N–H and O–H groups in total. The van der Waals surface area contributed by atoms with Crippen LogP contribution in [0.5, 0.6) is 0 Å². The summed E-state index contributed by atoms with van der Waals surface area (Å²) in [5.41, 5.74) is 28.4. The van der Waals surface area contributed by atoms with Crippen LogP contribution in [0.15, 0.2) is 84.4 Å². The van der Waals surface area contributed by atoms with Crippen LogP contribution in [0.2, 0.25) is 78.6 Å². The van der Waals surface area contributed by atoms with E-state index in [-0.39, 0.29) is 5.92 Å². The summed E-state index contributed by atoms with van der Waals surface area (Å²) < 4.78 is 0. The van der Waals surface area contributed by atoms with E-state index in [4.69, 9.17) is 0 Å². The van der Waals surface area contributed by atoms with Gasteiger partial charge in [-0.1, -0.05) is 215 Å². The monoisotopic (exact) mass is 957 g/mol. The van der Waals surface area contributed by atoms with E-state index in [1.165, 1.54) is 99.0 Å². The molecule has 5 aromatic rings. The van der Waals surface area contributed by atoms with E-state index < -0.39 is 37.7 Å². The Bertz CT molecular complexity index is 2930. The van der Waals surface area contributed by atoms with Gasteiger partial charge < -0.3 is 0 Å². The predicted octanol–water partition coefficient (Wildman–Crippen LogP) is 17.1. The molecule has 5 aromatic carbocycles. The Morgan fingerprint density at radius 2 is 0.868 bits per heavy atom. The first kappa shape index (κ1) is 50.9. The fraction of sp³-hybridized carbons (Fsp3) is 0.406. The van der Waals surface area contributed by atoms with Gasteiger partial charge in [0.2, 0.25) is 0 Å². The predicted molar refractivity (Wildman–Crippen MR) is 310 cm³/mol. The minimum atomic E-state index is -1.74. The molecule has 0 aromatic heterocycles. The minimum absolute atomic E-state index is 0.0147. The molecule has 0 radical (unpaired) electrons. The van der Waals surface area contributed by atoms with Crippen LogP contribution in [0.1, 0.15) is 134 Å². The first-order chi connectivity index (χ1) is 32.2. The van der Waals surface area contributed by atoms with Gasteiger partial charge in [0, 0.05) is 34.6 Å². The Hall–Kier alpha value is -4.97. The molecule has 0 heterocycles. The smallest absolute Gasteiger partial charge is 0.127 e. The first-order valence-corrected chi connectivity index (χ1v) is 39.8. The van der Waals surface area contributed by atoms with Gasteiger partial charge in [-0.3, -0.25) is 0 Å². The molecule has 0 unspecified atom stereocenters. The van der Waals surface area contributed by atoms with Crippen molar-refractivity contribution in [3.63, 3.8) is 0 Å². The van der Waals surface area contributed by atoms with Crippen LogP contribution < -0.4 is 0 Å². The third-order valence-corrected chi connectivity index (χ3v) is 16.5. The van der Waals surface area contributed by atoms with Crippen molar-refractivity contribution in [3.8, 4) is 57.7 Å². The number of unbranched alkanes of at least 4 members (excludes halogenated alkanes) is 7. The van der Waals surface area contributed by atoms with E-state index in [1.807, 2.05) is 0 Å². The molecular formula is C64H76Si4. The highest BCUT2D eigenvalue weighted by atomic mass is 28.3. The molecule has 0 amide bonds. The molecule has 3 aliphatic carbocycles. The molecule has 3 aliphatic rings. The summed E-state index contributed by atoms with van der Waals surface area (Å²) in [5.74, 6) is 23.6. The topological polar surface area (TPSA) is 0 Å². The molecule has 0 spiro atoms. The quantitative estimate of drug-likeness (QED) is 0.0566. The van der Waals surface area contributed by atoms with Gasteiger partial charge in [-0.15, -0.1) is 28.1 Å². The van der Waals surface area contributed by atoms with Crippen LogP contribution in [-0.4, -0.2) is 32.3 Å². The van der Waals surface area contributed by atoms with Crippen molar-refractivity contribution in [2.45, 2.75) is 168 Å². The second-order valence-corrected chi connectivity index (χ2v) is 42.6. The van der Waals surface area contributed by atoms with Crippen LogP contribution in [-0.2, 0) is 5.41 Å². The average Bonchev–Trinajstić information content (AvgIpc) is 3.27. The maximum atomic E-state index is 4.31. The summed E-state index contributed by atoms with van der Waals surface area (Å²) in [4.78, 5) is 0. The first-order valence-electron chi connectivity index (χ1n) is 25.8. The van der Waals surface area contributed by atoms with Crippen molar-refractivity contribution >= 4 is 59.4 Å². The molecule has 8 rings (SSSR count). The molecule has 0 saturated heterocycles. The van der Waals surface area contributed by atoms with E-state index in [0.717, 1.165) is 47.9 Å². The summed E-state index contributed by atoms with van der Waals surface area (Å²) in [6.45, 7) is 32.8. The zero-order chi connectivity index (χ0) is 49.1. The highest BCUT2D eigenvalue weighted by molar-refractivity contribution is 6.85. The molecule has 0 nitrogen and oxygen atoms in total. The lowest BCUT2D eigenvalue weighted by Crippen LogP contribution is -2.42. The molecule has 68 heavy (non-hydrogen) atoms. The SMILES string of the molecule is CCCCCCC#CC12C(c3c4cccc(C#C[Si](C)(C)C)c4cc4c(C#C[Si](C)(C)C)cccc34)=C(CCCCCC)C(c3c(C#C[Si](C)(C)C)cccc31)c1c(C#C[Si](C)(C)C)cccc12. The number of fused-ring (bicyclic) bond motifs is 2. The van der Waals surface area contributed by atoms with Crippen molar-refractivity contribution < 1.29 is 0 Å². The van der Waals surface area contributed by atoms with Gasteiger partial charge in [0.15, 0.2) is 0 Å². The van der Waals surface area contributed by atoms with Gasteiger partial charge in [0.1, 0.15) is 37.7 Å². The second kappa shape index (κ2) is 20.5. The van der Waals surface area contributed by atoms with Gasteiger partial charge >= 0.3 is 0 Å². The summed E-state index contributed by atoms with van der Waals surface area (Å²) >= 11 is 0. The third kappa shape index (κ3) is 11.2. The minimum Gasteiger partial charge on any atom is -0.127 e. The Labute approximate surface area is 417 Å². The highest BCUT2D eigenvalue weighted by Crippen LogP contribution is 2.65. The normalized spacial score (nSPS) is 16.2. The van der Waals surface area contributed by atoms with E-state index in [0.29, 0.717) is 0 Å².